The predicted octanol–water partition coefficient (Wildman–Crippen LogP) is 1.76. The van der Waals surface area contributed by atoms with E-state index in [9.17, 15) is 4.79 Å². The topological polar surface area (TPSA) is 32.3 Å². The first-order valence-electron chi connectivity index (χ1n) is 6.30. The minimum atomic E-state index is 0.176. The molecule has 0 unspecified atom stereocenters. The molecule has 17 heavy (non-hydrogen) atoms. The normalized spacial score (nSPS) is 15.7. The average Bonchev–Trinajstić information content (AvgIpc) is 2.32. The second-order valence-corrected chi connectivity index (χ2v) is 4.69. The van der Waals surface area contributed by atoms with Gasteiger partial charge in [-0.05, 0) is 44.5 Å². The van der Waals surface area contributed by atoms with Crippen LogP contribution in [0.2, 0.25) is 0 Å². The van der Waals surface area contributed by atoms with Crippen LogP contribution < -0.4 is 5.32 Å². The van der Waals surface area contributed by atoms with Crippen LogP contribution in [0.25, 0.3) is 0 Å². The van der Waals surface area contributed by atoms with Crippen LogP contribution in [0.1, 0.15) is 23.2 Å². The zero-order valence-corrected chi connectivity index (χ0v) is 10.4. The number of rotatable bonds is 5. The van der Waals surface area contributed by atoms with Crippen molar-refractivity contribution in [2.24, 2.45) is 5.92 Å². The van der Waals surface area contributed by atoms with Gasteiger partial charge in [-0.2, -0.15) is 0 Å². The SMILES string of the molecule is CNCCCC1CN(C(=O)c2ccccc2)C1. The molecule has 1 saturated heterocycles. The third-order valence-corrected chi connectivity index (χ3v) is 3.30. The first kappa shape index (κ1) is 12.1. The van der Waals surface area contributed by atoms with Crippen LogP contribution in [0.3, 0.4) is 0 Å². The molecule has 0 saturated carbocycles. The van der Waals surface area contributed by atoms with Gasteiger partial charge >= 0.3 is 0 Å². The van der Waals surface area contributed by atoms with Gasteiger partial charge in [-0.1, -0.05) is 18.2 Å². The highest BCUT2D eigenvalue weighted by atomic mass is 16.2. The Morgan fingerprint density at radius 3 is 2.71 bits per heavy atom. The quantitative estimate of drug-likeness (QED) is 0.785. The second-order valence-electron chi connectivity index (χ2n) is 4.69. The maximum Gasteiger partial charge on any atom is 0.253 e. The predicted molar refractivity (Wildman–Crippen MR) is 69.0 cm³/mol. The van der Waals surface area contributed by atoms with Crippen molar-refractivity contribution >= 4 is 5.91 Å². The lowest BCUT2D eigenvalue weighted by molar-refractivity contribution is 0.0482. The van der Waals surface area contributed by atoms with Crippen molar-refractivity contribution in [3.05, 3.63) is 35.9 Å². The van der Waals surface area contributed by atoms with Gasteiger partial charge in [0.2, 0.25) is 0 Å². The van der Waals surface area contributed by atoms with Gasteiger partial charge in [0, 0.05) is 18.7 Å². The summed E-state index contributed by atoms with van der Waals surface area (Å²) in [5, 5.41) is 3.15. The van der Waals surface area contributed by atoms with Crippen LogP contribution in [0.4, 0.5) is 0 Å². The second kappa shape index (κ2) is 5.82. The minimum Gasteiger partial charge on any atom is -0.338 e. The molecular formula is C14H20N2O. The fourth-order valence-corrected chi connectivity index (χ4v) is 2.25. The van der Waals surface area contributed by atoms with Crippen LogP contribution in [-0.4, -0.2) is 37.5 Å². The van der Waals surface area contributed by atoms with E-state index in [1.54, 1.807) is 0 Å². The molecule has 2 rings (SSSR count). The van der Waals surface area contributed by atoms with Crippen molar-refractivity contribution in [3.8, 4) is 0 Å². The van der Waals surface area contributed by atoms with Gasteiger partial charge in [0.1, 0.15) is 0 Å². The lowest BCUT2D eigenvalue weighted by atomic mass is 9.94. The number of amides is 1. The number of nitrogens with zero attached hydrogens (tertiary/aromatic N) is 1. The molecule has 0 radical (unpaired) electrons. The monoisotopic (exact) mass is 232 g/mol. The van der Waals surface area contributed by atoms with Gasteiger partial charge < -0.3 is 10.2 Å². The zero-order valence-electron chi connectivity index (χ0n) is 10.4. The van der Waals surface area contributed by atoms with Crippen molar-refractivity contribution in [1.29, 1.82) is 0 Å². The maximum atomic E-state index is 12.0. The molecule has 0 spiro atoms. The molecule has 0 bridgehead atoms. The molecule has 1 aliphatic rings. The number of hydrogen-bond donors (Lipinski definition) is 1. The van der Waals surface area contributed by atoms with E-state index in [0.717, 1.165) is 25.2 Å². The first-order valence-corrected chi connectivity index (χ1v) is 6.30. The third kappa shape index (κ3) is 3.07. The van der Waals surface area contributed by atoms with Crippen LogP contribution in [-0.2, 0) is 0 Å². The van der Waals surface area contributed by atoms with Crippen molar-refractivity contribution < 1.29 is 4.79 Å². The number of benzene rings is 1. The van der Waals surface area contributed by atoms with E-state index in [0.29, 0.717) is 5.92 Å². The summed E-state index contributed by atoms with van der Waals surface area (Å²) in [5.41, 5.74) is 0.807. The fourth-order valence-electron chi connectivity index (χ4n) is 2.25. The molecule has 0 aliphatic carbocycles. The summed E-state index contributed by atoms with van der Waals surface area (Å²) >= 11 is 0. The lowest BCUT2D eigenvalue weighted by Crippen LogP contribution is -2.50. The largest absolute Gasteiger partial charge is 0.338 e. The van der Waals surface area contributed by atoms with Crippen LogP contribution in [0.5, 0.6) is 0 Å². The molecule has 1 aromatic carbocycles. The molecule has 1 aromatic rings. The average molecular weight is 232 g/mol. The van der Waals surface area contributed by atoms with Gasteiger partial charge in [0.25, 0.3) is 5.91 Å². The Morgan fingerprint density at radius 1 is 1.35 bits per heavy atom. The van der Waals surface area contributed by atoms with E-state index < -0.39 is 0 Å². The van der Waals surface area contributed by atoms with Crippen LogP contribution in [0, 0.1) is 5.92 Å². The molecule has 3 heteroatoms. The molecule has 92 valence electrons. The number of nitrogens with one attached hydrogen (secondary N) is 1. The summed E-state index contributed by atoms with van der Waals surface area (Å²) in [5.74, 6) is 0.881. The van der Waals surface area contributed by atoms with E-state index >= 15 is 0 Å². The van der Waals surface area contributed by atoms with Gasteiger partial charge in [-0.3, -0.25) is 4.79 Å². The summed E-state index contributed by atoms with van der Waals surface area (Å²) < 4.78 is 0. The third-order valence-electron chi connectivity index (χ3n) is 3.30. The highest BCUT2D eigenvalue weighted by Crippen LogP contribution is 2.22. The number of carbonyl (C=O) groups is 1. The molecule has 1 aliphatic heterocycles. The Kier molecular flexibility index (Phi) is 4.15. The molecule has 0 aromatic heterocycles. The summed E-state index contributed by atoms with van der Waals surface area (Å²) in [6, 6.07) is 9.54. The molecule has 1 heterocycles. The summed E-state index contributed by atoms with van der Waals surface area (Å²) in [4.78, 5) is 14.0. The minimum absolute atomic E-state index is 0.176. The van der Waals surface area contributed by atoms with Crippen molar-refractivity contribution in [2.45, 2.75) is 12.8 Å². The highest BCUT2D eigenvalue weighted by molar-refractivity contribution is 5.94. The Morgan fingerprint density at radius 2 is 2.06 bits per heavy atom. The standard InChI is InChI=1S/C14H20N2O/c1-15-9-5-6-12-10-16(11-12)14(17)13-7-3-2-4-8-13/h2-4,7-8,12,15H,5-6,9-11H2,1H3. The molecule has 1 fully saturated rings. The van der Waals surface area contributed by atoms with Crippen molar-refractivity contribution in [2.75, 3.05) is 26.7 Å². The maximum absolute atomic E-state index is 12.0. The molecular weight excluding hydrogens is 212 g/mol. The van der Waals surface area contributed by atoms with E-state index in [2.05, 4.69) is 5.32 Å². The highest BCUT2D eigenvalue weighted by Gasteiger charge is 2.30. The van der Waals surface area contributed by atoms with Gasteiger partial charge in [0.05, 0.1) is 0 Å². The summed E-state index contributed by atoms with van der Waals surface area (Å²) in [6.07, 6.45) is 2.42. The van der Waals surface area contributed by atoms with Crippen molar-refractivity contribution in [1.82, 2.24) is 10.2 Å². The number of likely N-dealkylation sites (tertiary alicyclic amines) is 1. The Labute approximate surface area is 103 Å². The Hall–Kier alpha value is -1.35. The van der Waals surface area contributed by atoms with Crippen molar-refractivity contribution in [3.63, 3.8) is 0 Å². The molecule has 3 nitrogen and oxygen atoms in total. The fraction of sp³-hybridized carbons (Fsp3) is 0.500. The van der Waals surface area contributed by atoms with Gasteiger partial charge in [0.15, 0.2) is 0 Å². The van der Waals surface area contributed by atoms with E-state index in [-0.39, 0.29) is 5.91 Å². The molecule has 1 N–H and O–H groups in total. The smallest absolute Gasteiger partial charge is 0.253 e. The molecule has 1 amide bonds. The van der Waals surface area contributed by atoms with E-state index in [1.807, 2.05) is 42.3 Å². The van der Waals surface area contributed by atoms with E-state index in [4.69, 9.17) is 0 Å². The summed E-state index contributed by atoms with van der Waals surface area (Å²) in [6.45, 7) is 2.93. The van der Waals surface area contributed by atoms with Gasteiger partial charge in [-0.25, -0.2) is 0 Å². The van der Waals surface area contributed by atoms with Crippen LogP contribution in [0.15, 0.2) is 30.3 Å². The zero-order chi connectivity index (χ0) is 12.1. The Balaban J connectivity index is 1.74. The summed E-state index contributed by atoms with van der Waals surface area (Å²) in [7, 11) is 1.98. The number of hydrogen-bond acceptors (Lipinski definition) is 2. The number of carbonyl (C=O) groups excluding carboxylic acids is 1. The Bertz CT molecular complexity index is 358. The first-order chi connectivity index (χ1) is 8.31. The molecule has 0 atom stereocenters. The van der Waals surface area contributed by atoms with Crippen LogP contribution >= 0.6 is 0 Å². The lowest BCUT2D eigenvalue weighted by Gasteiger charge is -2.39. The van der Waals surface area contributed by atoms with E-state index in [1.165, 1.54) is 12.8 Å². The van der Waals surface area contributed by atoms with Gasteiger partial charge in [-0.15, -0.1) is 0 Å².